The number of hydrogen-bond donors (Lipinski definition) is 2. The molecule has 1 heterocycles. The fraction of sp³-hybridized carbons (Fsp3) is 0.412. The Morgan fingerprint density at radius 1 is 1.48 bits per heavy atom. The molecule has 0 fully saturated rings. The maximum absolute atomic E-state index is 11.6. The minimum atomic E-state index is -1.15. The number of aromatic carboxylic acids is 1. The van der Waals surface area contributed by atoms with Crippen LogP contribution in [-0.2, 0) is 17.8 Å². The smallest absolute Gasteiger partial charge is 0.339 e. The summed E-state index contributed by atoms with van der Waals surface area (Å²) in [7, 11) is 1.50. The Morgan fingerprint density at radius 3 is 2.78 bits per heavy atom. The predicted molar refractivity (Wildman–Crippen MR) is 83.1 cm³/mol. The molecule has 0 spiro atoms. The molecular formula is C17H20O6. The lowest BCUT2D eigenvalue weighted by molar-refractivity contribution is -0.112. The monoisotopic (exact) mass is 320 g/mol. The van der Waals surface area contributed by atoms with Crippen molar-refractivity contribution < 1.29 is 29.3 Å². The van der Waals surface area contributed by atoms with Gasteiger partial charge in [0, 0.05) is 12.0 Å². The van der Waals surface area contributed by atoms with Crippen molar-refractivity contribution in [2.75, 3.05) is 7.11 Å². The minimum absolute atomic E-state index is 0.0245. The van der Waals surface area contributed by atoms with E-state index in [0.717, 1.165) is 0 Å². The van der Waals surface area contributed by atoms with E-state index in [0.29, 0.717) is 30.6 Å². The molecule has 1 aromatic rings. The Hall–Kier alpha value is -2.34. The van der Waals surface area contributed by atoms with Gasteiger partial charge in [0.05, 0.1) is 13.7 Å². The molecule has 0 unspecified atom stereocenters. The average molecular weight is 320 g/mol. The third-order valence-electron chi connectivity index (χ3n) is 3.78. The van der Waals surface area contributed by atoms with Gasteiger partial charge in [-0.1, -0.05) is 6.08 Å². The number of allylic oxidation sites excluding steroid dienone is 1. The Morgan fingerprint density at radius 2 is 2.22 bits per heavy atom. The number of aliphatic hydroxyl groups is 1. The zero-order chi connectivity index (χ0) is 17.0. The van der Waals surface area contributed by atoms with Gasteiger partial charge < -0.3 is 19.7 Å². The summed E-state index contributed by atoms with van der Waals surface area (Å²) >= 11 is 0. The first-order chi connectivity index (χ1) is 11.0. The number of fused-ring (bicyclic) bond motifs is 1. The normalized spacial score (nSPS) is 16.7. The molecule has 124 valence electrons. The highest BCUT2D eigenvalue weighted by Gasteiger charge is 2.29. The molecule has 23 heavy (non-hydrogen) atoms. The summed E-state index contributed by atoms with van der Waals surface area (Å²) in [6.45, 7) is 1.05. The van der Waals surface area contributed by atoms with Gasteiger partial charge in [0.2, 0.25) is 0 Å². The molecule has 1 aromatic carbocycles. The average Bonchev–Trinajstić information content (AvgIpc) is 2.52. The maximum Gasteiger partial charge on any atom is 0.339 e. The van der Waals surface area contributed by atoms with Crippen LogP contribution in [0.1, 0.15) is 41.3 Å². The van der Waals surface area contributed by atoms with Gasteiger partial charge in [0.1, 0.15) is 23.2 Å². The first-order valence-corrected chi connectivity index (χ1v) is 7.38. The van der Waals surface area contributed by atoms with E-state index >= 15 is 0 Å². The number of carbonyl (C=O) groups excluding carboxylic acids is 1. The number of aliphatic hydroxyl groups excluding tert-OH is 1. The van der Waals surface area contributed by atoms with E-state index < -0.39 is 12.6 Å². The van der Waals surface area contributed by atoms with Crippen LogP contribution >= 0.6 is 0 Å². The number of ketones is 1. The molecule has 1 aliphatic heterocycles. The summed E-state index contributed by atoms with van der Waals surface area (Å²) < 4.78 is 11.2. The summed E-state index contributed by atoms with van der Waals surface area (Å²) in [5, 5.41) is 18.9. The van der Waals surface area contributed by atoms with Gasteiger partial charge in [-0.2, -0.15) is 0 Å². The highest BCUT2D eigenvalue weighted by molar-refractivity contribution is 5.94. The highest BCUT2D eigenvalue weighted by atomic mass is 16.5. The molecule has 0 aromatic heterocycles. The van der Waals surface area contributed by atoms with E-state index in [1.165, 1.54) is 20.1 Å². The van der Waals surface area contributed by atoms with E-state index in [1.54, 1.807) is 12.1 Å². The van der Waals surface area contributed by atoms with Gasteiger partial charge >= 0.3 is 5.97 Å². The van der Waals surface area contributed by atoms with Gasteiger partial charge in [-0.25, -0.2) is 4.79 Å². The van der Waals surface area contributed by atoms with Crippen molar-refractivity contribution in [3.8, 4) is 11.5 Å². The summed E-state index contributed by atoms with van der Waals surface area (Å²) in [4.78, 5) is 22.5. The second kappa shape index (κ2) is 7.28. The molecular weight excluding hydrogens is 300 g/mol. The molecule has 2 rings (SSSR count). The highest BCUT2D eigenvalue weighted by Crippen LogP contribution is 2.40. The quantitative estimate of drug-likeness (QED) is 0.780. The molecule has 0 saturated carbocycles. The summed E-state index contributed by atoms with van der Waals surface area (Å²) in [6, 6.07) is 1.54. The van der Waals surface area contributed by atoms with Crippen molar-refractivity contribution in [3.05, 3.63) is 34.9 Å². The number of benzene rings is 1. The molecule has 0 bridgehead atoms. The number of hydrogen-bond acceptors (Lipinski definition) is 5. The van der Waals surface area contributed by atoms with Crippen LogP contribution in [0.3, 0.4) is 0 Å². The third kappa shape index (κ3) is 3.71. The number of methoxy groups -OCH3 is 1. The molecule has 0 aliphatic carbocycles. The predicted octanol–water partition coefficient (Wildman–Crippen LogP) is 2.11. The van der Waals surface area contributed by atoms with Gasteiger partial charge in [0.15, 0.2) is 5.78 Å². The maximum atomic E-state index is 11.6. The van der Waals surface area contributed by atoms with Crippen LogP contribution in [0.5, 0.6) is 11.5 Å². The first-order valence-electron chi connectivity index (χ1n) is 7.38. The largest absolute Gasteiger partial charge is 0.496 e. The van der Waals surface area contributed by atoms with Crippen molar-refractivity contribution in [1.82, 2.24) is 0 Å². The Bertz CT molecular complexity index is 647. The SMILES string of the molecule is COc1cc(CO)c(C(=O)O)c2c1CC[C@@H](C/C=C/C(C)=O)O2. The lowest BCUT2D eigenvalue weighted by atomic mass is 9.93. The lowest BCUT2D eigenvalue weighted by Gasteiger charge is -2.28. The molecule has 1 atom stereocenters. The van der Waals surface area contributed by atoms with Crippen molar-refractivity contribution in [2.24, 2.45) is 0 Å². The van der Waals surface area contributed by atoms with Crippen LogP contribution < -0.4 is 9.47 Å². The zero-order valence-corrected chi connectivity index (χ0v) is 13.2. The molecule has 0 amide bonds. The molecule has 1 aliphatic rings. The number of carboxylic acid groups (broad SMARTS) is 1. The molecule has 0 radical (unpaired) electrons. The second-order valence-electron chi connectivity index (χ2n) is 5.41. The van der Waals surface area contributed by atoms with E-state index in [9.17, 15) is 19.8 Å². The van der Waals surface area contributed by atoms with Gasteiger partial charge in [-0.05, 0) is 37.5 Å². The number of rotatable bonds is 6. The van der Waals surface area contributed by atoms with Gasteiger partial charge in [-0.3, -0.25) is 4.79 Å². The van der Waals surface area contributed by atoms with Gasteiger partial charge in [-0.15, -0.1) is 0 Å². The zero-order valence-electron chi connectivity index (χ0n) is 13.2. The summed E-state index contributed by atoms with van der Waals surface area (Å²) in [6.07, 6.45) is 4.82. The lowest BCUT2D eigenvalue weighted by Crippen LogP contribution is -2.25. The summed E-state index contributed by atoms with van der Waals surface area (Å²) in [5.41, 5.74) is 0.936. The first kappa shape index (κ1) is 17.0. The molecule has 0 saturated heterocycles. The van der Waals surface area contributed by atoms with Crippen LogP contribution in [0.15, 0.2) is 18.2 Å². The Kier molecular flexibility index (Phi) is 5.39. The Labute approximate surface area is 134 Å². The molecule has 6 heteroatoms. The van der Waals surface area contributed by atoms with E-state index in [-0.39, 0.29) is 28.8 Å². The number of carboxylic acids is 1. The van der Waals surface area contributed by atoms with Crippen LogP contribution in [0.2, 0.25) is 0 Å². The van der Waals surface area contributed by atoms with Crippen LogP contribution in [0.4, 0.5) is 0 Å². The topological polar surface area (TPSA) is 93.1 Å². The van der Waals surface area contributed by atoms with E-state index in [1.807, 2.05) is 0 Å². The Balaban J connectivity index is 2.38. The summed E-state index contributed by atoms with van der Waals surface area (Å²) in [5.74, 6) is -0.412. The van der Waals surface area contributed by atoms with Crippen LogP contribution in [0, 0.1) is 0 Å². The molecule has 6 nitrogen and oxygen atoms in total. The number of ether oxygens (including phenoxy) is 2. The van der Waals surface area contributed by atoms with E-state index in [2.05, 4.69) is 0 Å². The molecule has 2 N–H and O–H groups in total. The third-order valence-corrected chi connectivity index (χ3v) is 3.78. The fourth-order valence-electron chi connectivity index (χ4n) is 2.72. The van der Waals surface area contributed by atoms with Crippen LogP contribution in [-0.4, -0.2) is 35.2 Å². The van der Waals surface area contributed by atoms with Crippen molar-refractivity contribution in [2.45, 2.75) is 38.9 Å². The van der Waals surface area contributed by atoms with Crippen LogP contribution in [0.25, 0.3) is 0 Å². The fourth-order valence-corrected chi connectivity index (χ4v) is 2.72. The second-order valence-corrected chi connectivity index (χ2v) is 5.41. The van der Waals surface area contributed by atoms with Crippen molar-refractivity contribution in [3.63, 3.8) is 0 Å². The minimum Gasteiger partial charge on any atom is -0.496 e. The van der Waals surface area contributed by atoms with E-state index in [4.69, 9.17) is 9.47 Å². The standard InChI is InChI=1S/C17H20O6/c1-10(19)4-3-5-12-6-7-13-14(22-2)8-11(9-18)15(17(20)21)16(13)23-12/h3-4,8,12,18H,5-7,9H2,1-2H3,(H,20,21)/b4-3+/t12-/m1/s1. The van der Waals surface area contributed by atoms with Crippen molar-refractivity contribution >= 4 is 11.8 Å². The van der Waals surface area contributed by atoms with Gasteiger partial charge in [0.25, 0.3) is 0 Å². The van der Waals surface area contributed by atoms with Crippen molar-refractivity contribution in [1.29, 1.82) is 0 Å². The number of carbonyl (C=O) groups is 2.